The van der Waals surface area contributed by atoms with Crippen LogP contribution in [0.25, 0.3) is 0 Å². The minimum absolute atomic E-state index is 0. The topological polar surface area (TPSA) is 24.1 Å². The summed E-state index contributed by atoms with van der Waals surface area (Å²) in [4.78, 5) is 0. The highest BCUT2D eigenvalue weighted by molar-refractivity contribution is 6.30. The average Bonchev–Trinajstić information content (AvgIpc) is 2.39. The van der Waals surface area contributed by atoms with Gasteiger partial charge in [-0.15, -0.1) is 24.8 Å². The Balaban J connectivity index is 0.000000902. The SMILES string of the molecule is Cl.Cl.Clc1ccc2c(c1)CCCC2C1CNCCN1. The second-order valence-electron chi connectivity index (χ2n) is 5.11. The lowest BCUT2D eigenvalue weighted by atomic mass is 9.78. The summed E-state index contributed by atoms with van der Waals surface area (Å²) in [5.41, 5.74) is 2.97. The van der Waals surface area contributed by atoms with E-state index in [0.717, 1.165) is 24.7 Å². The zero-order valence-electron chi connectivity index (χ0n) is 10.8. The highest BCUT2D eigenvalue weighted by Crippen LogP contribution is 2.35. The molecule has 1 aliphatic heterocycles. The first-order chi connectivity index (χ1) is 8.34. The monoisotopic (exact) mass is 322 g/mol. The number of piperazine rings is 1. The van der Waals surface area contributed by atoms with E-state index in [4.69, 9.17) is 11.6 Å². The molecule has 0 radical (unpaired) electrons. The normalized spacial score (nSPS) is 25.7. The highest BCUT2D eigenvalue weighted by atomic mass is 35.5. The van der Waals surface area contributed by atoms with Crippen LogP contribution < -0.4 is 10.6 Å². The summed E-state index contributed by atoms with van der Waals surface area (Å²) in [6, 6.07) is 7.01. The third-order valence-corrected chi connectivity index (χ3v) is 4.26. The van der Waals surface area contributed by atoms with Crippen molar-refractivity contribution in [2.45, 2.75) is 31.2 Å². The number of hydrogen-bond acceptors (Lipinski definition) is 2. The van der Waals surface area contributed by atoms with Gasteiger partial charge in [0.2, 0.25) is 0 Å². The summed E-state index contributed by atoms with van der Waals surface area (Å²) in [6.45, 7) is 3.27. The van der Waals surface area contributed by atoms with E-state index in [1.165, 1.54) is 30.4 Å². The molecular formula is C14H21Cl3N2. The number of nitrogens with one attached hydrogen (secondary N) is 2. The van der Waals surface area contributed by atoms with Crippen molar-refractivity contribution in [3.63, 3.8) is 0 Å². The zero-order valence-corrected chi connectivity index (χ0v) is 13.2. The Morgan fingerprint density at radius 2 is 2.00 bits per heavy atom. The lowest BCUT2D eigenvalue weighted by Crippen LogP contribution is -2.51. The van der Waals surface area contributed by atoms with Gasteiger partial charge >= 0.3 is 0 Å². The fraction of sp³-hybridized carbons (Fsp3) is 0.571. The molecule has 0 amide bonds. The van der Waals surface area contributed by atoms with E-state index in [9.17, 15) is 0 Å². The van der Waals surface area contributed by atoms with E-state index in [2.05, 4.69) is 22.8 Å². The van der Waals surface area contributed by atoms with Gasteiger partial charge in [0.15, 0.2) is 0 Å². The van der Waals surface area contributed by atoms with E-state index < -0.39 is 0 Å². The molecule has 3 rings (SSSR count). The molecule has 1 aromatic carbocycles. The smallest absolute Gasteiger partial charge is 0.0408 e. The average molecular weight is 324 g/mol. The van der Waals surface area contributed by atoms with E-state index in [1.54, 1.807) is 0 Å². The molecule has 0 spiro atoms. The van der Waals surface area contributed by atoms with Gasteiger partial charge in [0.1, 0.15) is 0 Å². The molecule has 1 saturated heterocycles. The number of aryl methyl sites for hydroxylation is 1. The third kappa shape index (κ3) is 3.77. The van der Waals surface area contributed by atoms with Crippen LogP contribution in [0.2, 0.25) is 5.02 Å². The fourth-order valence-electron chi connectivity index (χ4n) is 3.20. The summed E-state index contributed by atoms with van der Waals surface area (Å²) < 4.78 is 0. The molecule has 19 heavy (non-hydrogen) atoms. The lowest BCUT2D eigenvalue weighted by Gasteiger charge is -2.35. The molecule has 5 heteroatoms. The first-order valence-electron chi connectivity index (χ1n) is 6.57. The van der Waals surface area contributed by atoms with E-state index in [-0.39, 0.29) is 24.8 Å². The van der Waals surface area contributed by atoms with Gasteiger partial charge in [0.05, 0.1) is 0 Å². The van der Waals surface area contributed by atoms with Gasteiger partial charge in [-0.05, 0) is 42.5 Å². The van der Waals surface area contributed by atoms with Crippen LogP contribution in [0.3, 0.4) is 0 Å². The molecule has 1 fully saturated rings. The van der Waals surface area contributed by atoms with Gasteiger partial charge < -0.3 is 10.6 Å². The Kier molecular flexibility index (Phi) is 6.92. The standard InChI is InChI=1S/C14H19ClN2.2ClH/c15-11-4-5-12-10(8-11)2-1-3-13(12)14-9-16-6-7-17-14;;/h4-5,8,13-14,16-17H,1-3,6-7,9H2;2*1H. The van der Waals surface area contributed by atoms with Gasteiger partial charge in [-0.1, -0.05) is 17.7 Å². The molecule has 0 aromatic heterocycles. The molecule has 1 aliphatic carbocycles. The molecule has 2 N–H and O–H groups in total. The van der Waals surface area contributed by atoms with Crippen molar-refractivity contribution in [3.8, 4) is 0 Å². The summed E-state index contributed by atoms with van der Waals surface area (Å²) in [6.07, 6.45) is 3.77. The fourth-order valence-corrected chi connectivity index (χ4v) is 3.39. The number of benzene rings is 1. The van der Waals surface area contributed by atoms with Crippen LogP contribution >= 0.6 is 36.4 Å². The lowest BCUT2D eigenvalue weighted by molar-refractivity contribution is 0.341. The Hall–Kier alpha value is 0.01000. The molecule has 108 valence electrons. The van der Waals surface area contributed by atoms with Gasteiger partial charge in [-0.25, -0.2) is 0 Å². The van der Waals surface area contributed by atoms with Crippen molar-refractivity contribution < 1.29 is 0 Å². The van der Waals surface area contributed by atoms with Crippen molar-refractivity contribution in [1.29, 1.82) is 0 Å². The van der Waals surface area contributed by atoms with E-state index >= 15 is 0 Å². The molecule has 1 aromatic rings. The Labute approximate surface area is 132 Å². The van der Waals surface area contributed by atoms with Crippen molar-refractivity contribution in [3.05, 3.63) is 34.3 Å². The summed E-state index contributed by atoms with van der Waals surface area (Å²) in [5.74, 6) is 0.656. The second-order valence-corrected chi connectivity index (χ2v) is 5.54. The van der Waals surface area contributed by atoms with Gasteiger partial charge in [-0.3, -0.25) is 0 Å². The number of fused-ring (bicyclic) bond motifs is 1. The van der Waals surface area contributed by atoms with Crippen LogP contribution in [-0.4, -0.2) is 25.7 Å². The minimum Gasteiger partial charge on any atom is -0.314 e. The Morgan fingerprint density at radius 3 is 2.74 bits per heavy atom. The summed E-state index contributed by atoms with van der Waals surface area (Å²) in [5, 5.41) is 8.01. The summed E-state index contributed by atoms with van der Waals surface area (Å²) in [7, 11) is 0. The molecule has 2 nitrogen and oxygen atoms in total. The van der Waals surface area contributed by atoms with Crippen LogP contribution in [0.4, 0.5) is 0 Å². The maximum atomic E-state index is 6.08. The van der Waals surface area contributed by atoms with Crippen molar-refractivity contribution >= 4 is 36.4 Å². The van der Waals surface area contributed by atoms with Crippen LogP contribution in [0.15, 0.2) is 18.2 Å². The molecule has 2 atom stereocenters. The molecule has 0 bridgehead atoms. The zero-order chi connectivity index (χ0) is 11.7. The summed E-state index contributed by atoms with van der Waals surface area (Å²) >= 11 is 6.08. The minimum atomic E-state index is 0. The first kappa shape index (κ1) is 17.1. The molecule has 1 heterocycles. The molecule has 2 unspecified atom stereocenters. The molecule has 0 saturated carbocycles. The van der Waals surface area contributed by atoms with Crippen LogP contribution in [0, 0.1) is 0 Å². The van der Waals surface area contributed by atoms with E-state index in [1.807, 2.05) is 6.07 Å². The maximum Gasteiger partial charge on any atom is 0.0408 e. The largest absolute Gasteiger partial charge is 0.314 e. The van der Waals surface area contributed by atoms with E-state index in [0.29, 0.717) is 12.0 Å². The predicted octanol–water partition coefficient (Wildman–Crippen LogP) is 3.16. The van der Waals surface area contributed by atoms with Crippen molar-refractivity contribution in [2.24, 2.45) is 0 Å². The van der Waals surface area contributed by atoms with Crippen molar-refractivity contribution in [1.82, 2.24) is 10.6 Å². The third-order valence-electron chi connectivity index (χ3n) is 4.02. The first-order valence-corrected chi connectivity index (χ1v) is 6.95. The predicted molar refractivity (Wildman–Crippen MR) is 86.3 cm³/mol. The van der Waals surface area contributed by atoms with Crippen LogP contribution in [-0.2, 0) is 6.42 Å². The molecule has 2 aliphatic rings. The second kappa shape index (κ2) is 7.70. The number of rotatable bonds is 1. The van der Waals surface area contributed by atoms with Gasteiger partial charge in [0, 0.05) is 36.6 Å². The van der Waals surface area contributed by atoms with Crippen LogP contribution in [0.1, 0.15) is 29.9 Å². The highest BCUT2D eigenvalue weighted by Gasteiger charge is 2.28. The van der Waals surface area contributed by atoms with Gasteiger partial charge in [-0.2, -0.15) is 0 Å². The molecular weight excluding hydrogens is 303 g/mol. The number of halogens is 3. The quantitative estimate of drug-likeness (QED) is 0.829. The maximum absolute atomic E-state index is 6.08. The number of hydrogen-bond donors (Lipinski definition) is 2. The van der Waals surface area contributed by atoms with Crippen LogP contribution in [0.5, 0.6) is 0 Å². The van der Waals surface area contributed by atoms with Crippen molar-refractivity contribution in [2.75, 3.05) is 19.6 Å². The Bertz CT molecular complexity index is 406. The van der Waals surface area contributed by atoms with Gasteiger partial charge in [0.25, 0.3) is 0 Å². The Morgan fingerprint density at radius 1 is 1.16 bits per heavy atom.